The Hall–Kier alpha value is -1.49. The standard InChI is InChI=1S/C15H10FIO/c16-12-8-5-11(6-9-12)7-10-15(18)13-3-1-2-4-14(13)17/h1-10H. The predicted octanol–water partition coefficient (Wildman–Crippen LogP) is 4.33. The Morgan fingerprint density at radius 2 is 1.72 bits per heavy atom. The van der Waals surface area contributed by atoms with Crippen molar-refractivity contribution in [2.45, 2.75) is 0 Å². The number of ketones is 1. The van der Waals surface area contributed by atoms with E-state index >= 15 is 0 Å². The third-order valence-electron chi connectivity index (χ3n) is 2.44. The second-order valence-electron chi connectivity index (χ2n) is 3.73. The van der Waals surface area contributed by atoms with E-state index in [9.17, 15) is 9.18 Å². The average molecular weight is 352 g/mol. The molecule has 0 saturated heterocycles. The van der Waals surface area contributed by atoms with Crippen molar-refractivity contribution in [1.29, 1.82) is 0 Å². The molecule has 3 heteroatoms. The maximum atomic E-state index is 12.7. The zero-order valence-electron chi connectivity index (χ0n) is 9.44. The number of hydrogen-bond donors (Lipinski definition) is 0. The van der Waals surface area contributed by atoms with Crippen molar-refractivity contribution in [3.63, 3.8) is 0 Å². The Morgan fingerprint density at radius 3 is 2.39 bits per heavy atom. The maximum absolute atomic E-state index is 12.7. The SMILES string of the molecule is O=C(C=Cc1ccc(F)cc1)c1ccccc1I. The molecule has 0 spiro atoms. The van der Waals surface area contributed by atoms with Crippen LogP contribution >= 0.6 is 22.6 Å². The van der Waals surface area contributed by atoms with E-state index in [1.807, 2.05) is 18.2 Å². The molecule has 0 heterocycles. The largest absolute Gasteiger partial charge is 0.289 e. The number of halogens is 2. The van der Waals surface area contributed by atoms with Gasteiger partial charge in [0.1, 0.15) is 5.82 Å². The van der Waals surface area contributed by atoms with Crippen LogP contribution in [0.3, 0.4) is 0 Å². The normalized spacial score (nSPS) is 10.8. The third kappa shape index (κ3) is 3.26. The first kappa shape index (κ1) is 13.0. The Morgan fingerprint density at radius 1 is 1.06 bits per heavy atom. The van der Waals surface area contributed by atoms with Crippen LogP contribution in [0.15, 0.2) is 54.6 Å². The van der Waals surface area contributed by atoms with Crippen LogP contribution < -0.4 is 0 Å². The molecule has 0 aliphatic carbocycles. The van der Waals surface area contributed by atoms with Crippen LogP contribution in [-0.2, 0) is 0 Å². The summed E-state index contributed by atoms with van der Waals surface area (Å²) in [4.78, 5) is 11.9. The number of benzene rings is 2. The Bertz CT molecular complexity index is 588. The van der Waals surface area contributed by atoms with Crippen molar-refractivity contribution in [2.24, 2.45) is 0 Å². The minimum absolute atomic E-state index is 0.0516. The summed E-state index contributed by atoms with van der Waals surface area (Å²) in [7, 11) is 0. The molecular weight excluding hydrogens is 342 g/mol. The summed E-state index contributed by atoms with van der Waals surface area (Å²) in [5.41, 5.74) is 1.48. The highest BCUT2D eigenvalue weighted by Crippen LogP contribution is 2.13. The predicted molar refractivity (Wildman–Crippen MR) is 78.9 cm³/mol. The molecule has 18 heavy (non-hydrogen) atoms. The Kier molecular flexibility index (Phi) is 4.25. The first-order chi connectivity index (χ1) is 8.66. The zero-order valence-corrected chi connectivity index (χ0v) is 11.6. The molecule has 0 aliphatic heterocycles. The van der Waals surface area contributed by atoms with Gasteiger partial charge in [0.2, 0.25) is 0 Å². The number of carbonyl (C=O) groups is 1. The molecule has 0 bridgehead atoms. The fourth-order valence-electron chi connectivity index (χ4n) is 1.50. The van der Waals surface area contributed by atoms with E-state index in [1.54, 1.807) is 24.3 Å². The summed E-state index contributed by atoms with van der Waals surface area (Å²) in [6, 6.07) is 13.4. The summed E-state index contributed by atoms with van der Waals surface area (Å²) < 4.78 is 13.6. The molecule has 0 radical (unpaired) electrons. The molecule has 0 amide bonds. The van der Waals surface area contributed by atoms with Gasteiger partial charge >= 0.3 is 0 Å². The van der Waals surface area contributed by atoms with Crippen LogP contribution in [0.5, 0.6) is 0 Å². The first-order valence-corrected chi connectivity index (χ1v) is 6.47. The van der Waals surface area contributed by atoms with Crippen LogP contribution in [0.4, 0.5) is 4.39 Å². The number of allylic oxidation sites excluding steroid dienone is 1. The summed E-state index contributed by atoms with van der Waals surface area (Å²) >= 11 is 2.13. The number of hydrogen-bond acceptors (Lipinski definition) is 1. The highest BCUT2D eigenvalue weighted by Gasteiger charge is 2.04. The Labute approximate surface area is 118 Å². The minimum atomic E-state index is -0.281. The van der Waals surface area contributed by atoms with Crippen molar-refractivity contribution in [1.82, 2.24) is 0 Å². The van der Waals surface area contributed by atoms with Gasteiger partial charge in [0.15, 0.2) is 5.78 Å². The fraction of sp³-hybridized carbons (Fsp3) is 0. The van der Waals surface area contributed by atoms with Gasteiger partial charge in [-0.2, -0.15) is 0 Å². The van der Waals surface area contributed by atoms with Gasteiger partial charge in [-0.05, 0) is 58.5 Å². The van der Waals surface area contributed by atoms with Crippen molar-refractivity contribution < 1.29 is 9.18 Å². The van der Waals surface area contributed by atoms with E-state index in [0.29, 0.717) is 5.56 Å². The maximum Gasteiger partial charge on any atom is 0.186 e. The molecular formula is C15H10FIO. The van der Waals surface area contributed by atoms with Gasteiger partial charge in [0.05, 0.1) is 0 Å². The van der Waals surface area contributed by atoms with E-state index < -0.39 is 0 Å². The molecule has 2 aromatic rings. The topological polar surface area (TPSA) is 17.1 Å². The van der Waals surface area contributed by atoms with Crippen LogP contribution in [0.25, 0.3) is 6.08 Å². The highest BCUT2D eigenvalue weighted by atomic mass is 127. The monoisotopic (exact) mass is 352 g/mol. The lowest BCUT2D eigenvalue weighted by molar-refractivity contribution is 0.104. The highest BCUT2D eigenvalue weighted by molar-refractivity contribution is 14.1. The van der Waals surface area contributed by atoms with Gasteiger partial charge in [-0.3, -0.25) is 4.79 Å². The lowest BCUT2D eigenvalue weighted by atomic mass is 10.1. The van der Waals surface area contributed by atoms with Gasteiger partial charge in [-0.25, -0.2) is 4.39 Å². The molecule has 0 fully saturated rings. The van der Waals surface area contributed by atoms with Gasteiger partial charge in [-0.15, -0.1) is 0 Å². The fourth-order valence-corrected chi connectivity index (χ4v) is 2.15. The summed E-state index contributed by atoms with van der Waals surface area (Å²) in [5, 5.41) is 0. The molecule has 0 unspecified atom stereocenters. The van der Waals surface area contributed by atoms with E-state index in [4.69, 9.17) is 0 Å². The average Bonchev–Trinajstić information content (AvgIpc) is 2.38. The smallest absolute Gasteiger partial charge is 0.186 e. The molecule has 2 rings (SSSR count). The minimum Gasteiger partial charge on any atom is -0.289 e. The lowest BCUT2D eigenvalue weighted by Gasteiger charge is -1.98. The van der Waals surface area contributed by atoms with E-state index in [2.05, 4.69) is 22.6 Å². The molecule has 0 saturated carbocycles. The second kappa shape index (κ2) is 5.91. The molecule has 90 valence electrons. The van der Waals surface area contributed by atoms with Crippen molar-refractivity contribution in [3.05, 3.63) is 75.1 Å². The van der Waals surface area contributed by atoms with Gasteiger partial charge in [0, 0.05) is 9.13 Å². The first-order valence-electron chi connectivity index (χ1n) is 5.39. The summed E-state index contributed by atoms with van der Waals surface area (Å²) in [6.45, 7) is 0. The quantitative estimate of drug-likeness (QED) is 0.457. The van der Waals surface area contributed by atoms with Crippen molar-refractivity contribution in [2.75, 3.05) is 0 Å². The van der Waals surface area contributed by atoms with Crippen molar-refractivity contribution in [3.8, 4) is 0 Å². The third-order valence-corrected chi connectivity index (χ3v) is 3.38. The molecule has 0 atom stereocenters. The van der Waals surface area contributed by atoms with Crippen LogP contribution in [0, 0.1) is 9.39 Å². The summed E-state index contributed by atoms with van der Waals surface area (Å²) in [5.74, 6) is -0.333. The molecule has 0 N–H and O–H groups in total. The Balaban J connectivity index is 2.17. The van der Waals surface area contributed by atoms with E-state index in [-0.39, 0.29) is 11.6 Å². The number of carbonyl (C=O) groups excluding carboxylic acids is 1. The second-order valence-corrected chi connectivity index (χ2v) is 4.89. The summed E-state index contributed by atoms with van der Waals surface area (Å²) in [6.07, 6.45) is 3.19. The number of rotatable bonds is 3. The van der Waals surface area contributed by atoms with E-state index in [0.717, 1.165) is 9.13 Å². The van der Waals surface area contributed by atoms with Crippen LogP contribution in [0.2, 0.25) is 0 Å². The lowest BCUT2D eigenvalue weighted by Crippen LogP contribution is -1.96. The molecule has 0 aliphatic rings. The van der Waals surface area contributed by atoms with Gasteiger partial charge < -0.3 is 0 Å². The zero-order chi connectivity index (χ0) is 13.0. The van der Waals surface area contributed by atoms with Crippen molar-refractivity contribution >= 4 is 34.5 Å². The van der Waals surface area contributed by atoms with Gasteiger partial charge in [-0.1, -0.05) is 30.3 Å². The van der Waals surface area contributed by atoms with E-state index in [1.165, 1.54) is 18.2 Å². The van der Waals surface area contributed by atoms with Crippen LogP contribution in [-0.4, -0.2) is 5.78 Å². The molecule has 0 aromatic heterocycles. The van der Waals surface area contributed by atoms with Crippen LogP contribution in [0.1, 0.15) is 15.9 Å². The van der Waals surface area contributed by atoms with Gasteiger partial charge in [0.25, 0.3) is 0 Å². The molecule has 1 nitrogen and oxygen atoms in total. The molecule has 2 aromatic carbocycles.